The highest BCUT2D eigenvalue weighted by atomic mass is 31.2. The lowest BCUT2D eigenvalue weighted by molar-refractivity contribution is -0.216. The third-order valence-corrected chi connectivity index (χ3v) is 13.1. The summed E-state index contributed by atoms with van der Waals surface area (Å²) in [6, 6.07) is 0. The molecular formula is C49H88O18P2. The van der Waals surface area contributed by atoms with Crippen LogP contribution < -0.4 is 0 Å². The fourth-order valence-electron chi connectivity index (χ4n) is 7.59. The molecule has 0 saturated heterocycles. The van der Waals surface area contributed by atoms with E-state index in [1.54, 1.807) is 24.3 Å². The van der Waals surface area contributed by atoms with Crippen LogP contribution in [0.5, 0.6) is 0 Å². The molecule has 1 saturated carbocycles. The molecule has 0 heterocycles. The molecular weight excluding hydrogens is 938 g/mol. The average Bonchev–Trinajstić information content (AvgIpc) is 3.29. The summed E-state index contributed by atoms with van der Waals surface area (Å²) in [5, 5.41) is 61.5. The molecule has 0 radical (unpaired) electrons. The monoisotopic (exact) mass is 1030 g/mol. The van der Waals surface area contributed by atoms with Gasteiger partial charge in [-0.2, -0.15) is 0 Å². The van der Waals surface area contributed by atoms with E-state index < -0.39 is 95.7 Å². The summed E-state index contributed by atoms with van der Waals surface area (Å²) in [5.41, 5.74) is 0. The first-order valence-electron chi connectivity index (χ1n) is 25.4. The maximum absolute atomic E-state index is 13.0. The van der Waals surface area contributed by atoms with Crippen LogP contribution in [0.15, 0.2) is 48.6 Å². The largest absolute Gasteiger partial charge is 0.472 e. The number of carbonyl (C=O) groups excluding carboxylic acids is 2. The van der Waals surface area contributed by atoms with Crippen LogP contribution in [0.3, 0.4) is 0 Å². The Bertz CT molecular complexity index is 1550. The van der Waals surface area contributed by atoms with E-state index in [0.717, 1.165) is 51.4 Å². The lowest BCUT2D eigenvalue weighted by atomic mass is 9.85. The van der Waals surface area contributed by atoms with E-state index in [1.165, 1.54) is 77.0 Å². The number of aliphatic hydroxyl groups is 6. The van der Waals surface area contributed by atoms with E-state index in [-0.39, 0.29) is 25.7 Å². The standard InChI is InChI=1S/C49H88O18P2/c1-3-5-7-8-9-10-11-12-13-14-15-16-17-18-22-25-29-35-43(53)65-41(38-64-69(61,62)67-49-46(56)44(54)45(55)48(47(49)57)66-68(58,59)60)37-63-42(52)36-30-34-40(51)33-28-24-21-19-20-23-27-32-39(50)31-26-6-4-2/h20-21,23-24,27-28,32-33,39-41,44-51,54-57H,3-19,22,25-26,29-31,34-38H2,1-2H3,(H,61,62)(H2,58,59,60)/b23-20-,24-21-,32-27+,33-28+/t39-,40-,41+,44?,45?,46?,47?,48+,49-/m0/s1. The summed E-state index contributed by atoms with van der Waals surface area (Å²) in [6.45, 7) is 2.84. The lowest BCUT2D eigenvalue weighted by Gasteiger charge is -2.43. The van der Waals surface area contributed by atoms with Crippen LogP contribution >= 0.6 is 15.6 Å². The zero-order valence-electron chi connectivity index (χ0n) is 41.2. The average molecular weight is 1030 g/mol. The van der Waals surface area contributed by atoms with Crippen molar-refractivity contribution in [2.45, 2.75) is 236 Å². The molecule has 69 heavy (non-hydrogen) atoms. The molecule has 0 bridgehead atoms. The Morgan fingerprint density at radius 3 is 1.45 bits per heavy atom. The Balaban J connectivity index is 2.65. The Morgan fingerprint density at radius 2 is 0.957 bits per heavy atom. The van der Waals surface area contributed by atoms with Crippen molar-refractivity contribution in [3.8, 4) is 0 Å². The second-order valence-corrected chi connectivity index (χ2v) is 20.5. The van der Waals surface area contributed by atoms with Gasteiger partial charge in [0.05, 0.1) is 18.8 Å². The SMILES string of the molecule is CCCCCCCCCCCCCCCCCCCC(=O)O[C@H](COC(=O)CCC[C@@H](O)/C=C/C=C\C/C=C\C=C\[C@@H](O)CCCCC)COP(=O)(O)O[C@H]1C(O)C(O)C(O)[C@@H](OP(=O)(O)O)C1O. The Morgan fingerprint density at radius 1 is 0.522 bits per heavy atom. The number of aliphatic hydroxyl groups excluding tert-OH is 6. The van der Waals surface area contributed by atoms with Crippen LogP contribution in [-0.2, 0) is 41.8 Å². The number of unbranched alkanes of at least 4 members (excludes halogenated alkanes) is 18. The van der Waals surface area contributed by atoms with Crippen LogP contribution in [-0.4, -0.2) is 125 Å². The van der Waals surface area contributed by atoms with Gasteiger partial charge in [0, 0.05) is 12.8 Å². The van der Waals surface area contributed by atoms with Crippen LogP contribution in [0, 0.1) is 0 Å². The predicted molar refractivity (Wildman–Crippen MR) is 262 cm³/mol. The van der Waals surface area contributed by atoms with Crippen molar-refractivity contribution in [3.05, 3.63) is 48.6 Å². The number of ether oxygens (including phenoxy) is 2. The Kier molecular flexibility index (Phi) is 37.1. The number of phosphoric ester groups is 2. The molecule has 402 valence electrons. The lowest BCUT2D eigenvalue weighted by Crippen LogP contribution is -2.64. The Hall–Kier alpha value is -2.12. The van der Waals surface area contributed by atoms with Gasteiger partial charge < -0.3 is 54.8 Å². The van der Waals surface area contributed by atoms with E-state index >= 15 is 0 Å². The van der Waals surface area contributed by atoms with E-state index in [2.05, 4.69) is 18.4 Å². The van der Waals surface area contributed by atoms with E-state index in [4.69, 9.17) is 18.5 Å². The molecule has 18 nitrogen and oxygen atoms in total. The van der Waals surface area contributed by atoms with Crippen LogP contribution in [0.25, 0.3) is 0 Å². The number of phosphoric acid groups is 2. The second kappa shape index (κ2) is 39.4. The molecule has 0 amide bonds. The van der Waals surface area contributed by atoms with Crippen molar-refractivity contribution < 1.29 is 87.1 Å². The van der Waals surface area contributed by atoms with Gasteiger partial charge in [-0.05, 0) is 32.1 Å². The first-order chi connectivity index (χ1) is 32.9. The van der Waals surface area contributed by atoms with Crippen molar-refractivity contribution in [2.24, 2.45) is 0 Å². The summed E-state index contributed by atoms with van der Waals surface area (Å²) in [5.74, 6) is -1.43. The van der Waals surface area contributed by atoms with Gasteiger partial charge >= 0.3 is 27.6 Å². The maximum Gasteiger partial charge on any atom is 0.472 e. The highest BCUT2D eigenvalue weighted by molar-refractivity contribution is 7.47. The first kappa shape index (κ1) is 64.9. The summed E-state index contributed by atoms with van der Waals surface area (Å²) >= 11 is 0. The molecule has 0 aliphatic heterocycles. The van der Waals surface area contributed by atoms with Crippen molar-refractivity contribution in [2.75, 3.05) is 13.2 Å². The van der Waals surface area contributed by atoms with Gasteiger partial charge in [0.1, 0.15) is 43.2 Å². The molecule has 1 aliphatic carbocycles. The van der Waals surface area contributed by atoms with Crippen molar-refractivity contribution in [1.29, 1.82) is 0 Å². The molecule has 9 N–H and O–H groups in total. The van der Waals surface area contributed by atoms with Crippen LogP contribution in [0.2, 0.25) is 0 Å². The number of rotatable bonds is 42. The minimum atomic E-state index is -5.39. The number of allylic oxidation sites excluding steroid dienone is 6. The van der Waals surface area contributed by atoms with Crippen molar-refractivity contribution >= 4 is 27.6 Å². The zero-order chi connectivity index (χ0) is 51.3. The smallest absolute Gasteiger partial charge is 0.462 e. The van der Waals surface area contributed by atoms with Crippen LogP contribution in [0.1, 0.15) is 181 Å². The van der Waals surface area contributed by atoms with Gasteiger partial charge in [0.15, 0.2) is 6.10 Å². The fourth-order valence-corrected chi connectivity index (χ4v) is 9.13. The molecule has 0 aromatic rings. The molecule has 20 heteroatoms. The Labute approximate surface area is 411 Å². The molecule has 0 aromatic heterocycles. The number of carbonyl (C=O) groups is 2. The second-order valence-electron chi connectivity index (χ2n) is 17.9. The summed E-state index contributed by atoms with van der Waals surface area (Å²) < 4.78 is 49.3. The summed E-state index contributed by atoms with van der Waals surface area (Å²) in [7, 11) is -10.8. The van der Waals surface area contributed by atoms with E-state index in [0.29, 0.717) is 12.8 Å². The minimum absolute atomic E-state index is 0.00310. The maximum atomic E-state index is 13.0. The third kappa shape index (κ3) is 34.0. The molecule has 0 aromatic carbocycles. The molecule has 0 spiro atoms. The first-order valence-corrected chi connectivity index (χ1v) is 28.4. The number of hydrogen-bond acceptors (Lipinski definition) is 15. The number of esters is 2. The zero-order valence-corrected chi connectivity index (χ0v) is 43.0. The molecule has 10 atom stereocenters. The van der Waals surface area contributed by atoms with Gasteiger partial charge in [-0.1, -0.05) is 184 Å². The predicted octanol–water partition coefficient (Wildman–Crippen LogP) is 8.01. The summed E-state index contributed by atoms with van der Waals surface area (Å²) in [4.78, 5) is 54.4. The van der Waals surface area contributed by atoms with E-state index in [9.17, 15) is 64.0 Å². The van der Waals surface area contributed by atoms with Gasteiger partial charge in [0.2, 0.25) is 0 Å². The third-order valence-electron chi connectivity index (χ3n) is 11.6. The summed E-state index contributed by atoms with van der Waals surface area (Å²) in [6.07, 6.45) is 22.6. The van der Waals surface area contributed by atoms with Gasteiger partial charge in [-0.25, -0.2) is 9.13 Å². The normalized spacial score (nSPS) is 22.4. The highest BCUT2D eigenvalue weighted by Crippen LogP contribution is 2.49. The topological polar surface area (TPSA) is 296 Å². The van der Waals surface area contributed by atoms with Gasteiger partial charge in [-0.15, -0.1) is 0 Å². The molecule has 5 unspecified atom stereocenters. The highest BCUT2D eigenvalue weighted by Gasteiger charge is 2.54. The van der Waals surface area contributed by atoms with Crippen LogP contribution in [0.4, 0.5) is 0 Å². The number of hydrogen-bond donors (Lipinski definition) is 9. The molecule has 1 aliphatic rings. The minimum Gasteiger partial charge on any atom is -0.462 e. The molecule has 1 fully saturated rings. The van der Waals surface area contributed by atoms with Gasteiger partial charge in [-0.3, -0.25) is 23.2 Å². The van der Waals surface area contributed by atoms with Crippen molar-refractivity contribution in [1.82, 2.24) is 0 Å². The molecule has 1 rings (SSSR count). The van der Waals surface area contributed by atoms with Crippen molar-refractivity contribution in [3.63, 3.8) is 0 Å². The van der Waals surface area contributed by atoms with Gasteiger partial charge in [0.25, 0.3) is 0 Å². The fraction of sp³-hybridized carbons (Fsp3) is 0.796. The van der Waals surface area contributed by atoms with E-state index in [1.807, 2.05) is 24.3 Å². The quantitative estimate of drug-likeness (QED) is 0.0121.